The van der Waals surface area contributed by atoms with Gasteiger partial charge in [0.15, 0.2) is 11.5 Å². The Morgan fingerprint density at radius 2 is 1.85 bits per heavy atom. The zero-order valence-corrected chi connectivity index (χ0v) is 12.7. The van der Waals surface area contributed by atoms with Crippen molar-refractivity contribution in [2.45, 2.75) is 0 Å². The average Bonchev–Trinajstić information content (AvgIpc) is 2.48. The second kappa shape index (κ2) is 6.39. The predicted molar refractivity (Wildman–Crippen MR) is 81.8 cm³/mol. The van der Waals surface area contributed by atoms with Crippen molar-refractivity contribution < 1.29 is 14.3 Å². The van der Waals surface area contributed by atoms with Crippen LogP contribution in [-0.4, -0.2) is 13.1 Å². The van der Waals surface area contributed by atoms with Crippen LogP contribution in [0.1, 0.15) is 15.9 Å². The number of nitriles is 1. The Labute approximate surface area is 130 Å². The number of rotatable bonds is 3. The minimum absolute atomic E-state index is 0.287. The first-order valence-corrected chi connectivity index (χ1v) is 6.78. The normalized spacial score (nSPS) is 9.65. The summed E-state index contributed by atoms with van der Waals surface area (Å²) in [6.07, 6.45) is 0. The van der Waals surface area contributed by atoms with Gasteiger partial charge in [-0.25, -0.2) is 4.79 Å². The van der Waals surface area contributed by atoms with Gasteiger partial charge in [0, 0.05) is 9.64 Å². The Morgan fingerprint density at radius 1 is 1.15 bits per heavy atom. The summed E-state index contributed by atoms with van der Waals surface area (Å²) in [4.78, 5) is 12.0. The van der Waals surface area contributed by atoms with Crippen LogP contribution in [0.4, 0.5) is 0 Å². The van der Waals surface area contributed by atoms with Crippen molar-refractivity contribution in [1.29, 1.82) is 5.26 Å². The summed E-state index contributed by atoms with van der Waals surface area (Å²) in [5, 5.41) is 8.82. The highest BCUT2D eigenvalue weighted by molar-refractivity contribution is 14.1. The number of carbonyl (C=O) groups excluding carboxylic acids is 1. The predicted octanol–water partition coefficient (Wildman–Crippen LogP) is 3.39. The Morgan fingerprint density at radius 3 is 2.45 bits per heavy atom. The molecule has 0 aliphatic heterocycles. The Kier molecular flexibility index (Phi) is 4.58. The number of hydrogen-bond acceptors (Lipinski definition) is 4. The third kappa shape index (κ3) is 3.27. The van der Waals surface area contributed by atoms with E-state index in [-0.39, 0.29) is 5.75 Å². The van der Waals surface area contributed by atoms with Gasteiger partial charge in [-0.15, -0.1) is 0 Å². The molecule has 0 aromatic heterocycles. The number of methoxy groups -OCH3 is 1. The lowest BCUT2D eigenvalue weighted by Gasteiger charge is -2.09. The maximum atomic E-state index is 12.0. The molecular weight excluding hydrogens is 369 g/mol. The third-order valence-electron chi connectivity index (χ3n) is 2.58. The molecule has 0 fully saturated rings. The fourth-order valence-electron chi connectivity index (χ4n) is 1.57. The van der Waals surface area contributed by atoms with Crippen molar-refractivity contribution in [3.05, 3.63) is 57.2 Å². The van der Waals surface area contributed by atoms with E-state index in [0.717, 1.165) is 3.57 Å². The van der Waals surface area contributed by atoms with Crippen molar-refractivity contribution in [3.63, 3.8) is 0 Å². The summed E-state index contributed by atoms with van der Waals surface area (Å²) in [6, 6.07) is 13.7. The van der Waals surface area contributed by atoms with Crippen LogP contribution in [0.15, 0.2) is 42.5 Å². The van der Waals surface area contributed by atoms with E-state index in [9.17, 15) is 4.79 Å². The SMILES string of the molecule is COc1cc(C#N)ccc1OC(=O)c1ccc(I)cc1. The quantitative estimate of drug-likeness (QED) is 0.466. The summed E-state index contributed by atoms with van der Waals surface area (Å²) in [6.45, 7) is 0. The van der Waals surface area contributed by atoms with Crippen molar-refractivity contribution in [3.8, 4) is 17.6 Å². The molecule has 0 heterocycles. The van der Waals surface area contributed by atoms with Crippen LogP contribution in [0, 0.1) is 14.9 Å². The molecule has 0 aliphatic carbocycles. The number of carbonyl (C=O) groups is 1. The van der Waals surface area contributed by atoms with Gasteiger partial charge in [0.2, 0.25) is 0 Å². The molecule has 2 rings (SSSR count). The van der Waals surface area contributed by atoms with Crippen molar-refractivity contribution in [1.82, 2.24) is 0 Å². The molecule has 0 atom stereocenters. The molecule has 0 saturated carbocycles. The first-order chi connectivity index (χ1) is 9.63. The topological polar surface area (TPSA) is 59.3 Å². The zero-order chi connectivity index (χ0) is 14.5. The monoisotopic (exact) mass is 379 g/mol. The fourth-order valence-corrected chi connectivity index (χ4v) is 1.93. The van der Waals surface area contributed by atoms with Crippen LogP contribution in [0.5, 0.6) is 11.5 Å². The maximum Gasteiger partial charge on any atom is 0.343 e. The minimum atomic E-state index is -0.468. The molecule has 0 saturated heterocycles. The first-order valence-electron chi connectivity index (χ1n) is 5.70. The lowest BCUT2D eigenvalue weighted by Crippen LogP contribution is -2.09. The van der Waals surface area contributed by atoms with Crippen LogP contribution >= 0.6 is 22.6 Å². The molecule has 4 nitrogen and oxygen atoms in total. The molecule has 0 amide bonds. The summed E-state index contributed by atoms with van der Waals surface area (Å²) in [5.74, 6) is 0.169. The molecule has 0 N–H and O–H groups in total. The average molecular weight is 379 g/mol. The molecule has 2 aromatic carbocycles. The van der Waals surface area contributed by atoms with Gasteiger partial charge in [-0.2, -0.15) is 5.26 Å². The van der Waals surface area contributed by atoms with Crippen molar-refractivity contribution >= 4 is 28.6 Å². The van der Waals surface area contributed by atoms with Crippen molar-refractivity contribution in [2.24, 2.45) is 0 Å². The van der Waals surface area contributed by atoms with E-state index in [2.05, 4.69) is 22.6 Å². The number of hydrogen-bond donors (Lipinski definition) is 0. The van der Waals surface area contributed by atoms with E-state index in [1.54, 1.807) is 24.3 Å². The van der Waals surface area contributed by atoms with Gasteiger partial charge < -0.3 is 9.47 Å². The summed E-state index contributed by atoms with van der Waals surface area (Å²) >= 11 is 2.16. The first kappa shape index (κ1) is 14.3. The van der Waals surface area contributed by atoms with Crippen LogP contribution in [0.25, 0.3) is 0 Å². The number of halogens is 1. The Hall–Kier alpha value is -2.07. The molecule has 0 radical (unpaired) electrons. The van der Waals surface area contributed by atoms with Crippen LogP contribution < -0.4 is 9.47 Å². The molecule has 100 valence electrons. The maximum absolute atomic E-state index is 12.0. The largest absolute Gasteiger partial charge is 0.493 e. The van der Waals surface area contributed by atoms with E-state index >= 15 is 0 Å². The second-order valence-corrected chi connectivity index (χ2v) is 5.12. The molecule has 5 heteroatoms. The highest BCUT2D eigenvalue weighted by Crippen LogP contribution is 2.28. The van der Waals surface area contributed by atoms with Crippen molar-refractivity contribution in [2.75, 3.05) is 7.11 Å². The molecule has 20 heavy (non-hydrogen) atoms. The standard InChI is InChI=1S/C15H10INO3/c1-19-14-8-10(9-17)2-7-13(14)20-15(18)11-3-5-12(16)6-4-11/h2-8H,1H3. The van der Waals surface area contributed by atoms with Gasteiger partial charge in [0.05, 0.1) is 24.3 Å². The highest BCUT2D eigenvalue weighted by atomic mass is 127. The van der Waals surface area contributed by atoms with E-state index < -0.39 is 5.97 Å². The van der Waals surface area contributed by atoms with Gasteiger partial charge in [-0.3, -0.25) is 0 Å². The van der Waals surface area contributed by atoms with E-state index in [1.165, 1.54) is 13.2 Å². The van der Waals surface area contributed by atoms with Crippen LogP contribution in [0.2, 0.25) is 0 Å². The van der Waals surface area contributed by atoms with Gasteiger partial charge >= 0.3 is 5.97 Å². The zero-order valence-electron chi connectivity index (χ0n) is 10.6. The molecule has 0 aliphatic rings. The Bertz CT molecular complexity index is 675. The smallest absolute Gasteiger partial charge is 0.343 e. The van der Waals surface area contributed by atoms with Gasteiger partial charge in [-0.1, -0.05) is 0 Å². The van der Waals surface area contributed by atoms with E-state index in [1.807, 2.05) is 18.2 Å². The van der Waals surface area contributed by atoms with Gasteiger partial charge in [0.1, 0.15) is 0 Å². The van der Waals surface area contributed by atoms with Gasteiger partial charge in [-0.05, 0) is 59.0 Å². The minimum Gasteiger partial charge on any atom is -0.493 e. The lowest BCUT2D eigenvalue weighted by molar-refractivity contribution is 0.0729. The Balaban J connectivity index is 2.23. The van der Waals surface area contributed by atoms with Crippen LogP contribution in [-0.2, 0) is 0 Å². The third-order valence-corrected chi connectivity index (χ3v) is 3.29. The summed E-state index contributed by atoms with van der Waals surface area (Å²) in [7, 11) is 1.46. The summed E-state index contributed by atoms with van der Waals surface area (Å²) in [5.41, 5.74) is 0.896. The molecule has 2 aromatic rings. The van der Waals surface area contributed by atoms with E-state index in [0.29, 0.717) is 16.9 Å². The number of esters is 1. The molecule has 0 unspecified atom stereocenters. The fraction of sp³-hybridized carbons (Fsp3) is 0.0667. The van der Waals surface area contributed by atoms with Gasteiger partial charge in [0.25, 0.3) is 0 Å². The number of ether oxygens (including phenoxy) is 2. The highest BCUT2D eigenvalue weighted by Gasteiger charge is 2.12. The molecular formula is C15H10INO3. The van der Waals surface area contributed by atoms with E-state index in [4.69, 9.17) is 14.7 Å². The second-order valence-electron chi connectivity index (χ2n) is 3.87. The van der Waals surface area contributed by atoms with Crippen LogP contribution in [0.3, 0.4) is 0 Å². The number of nitrogens with zero attached hydrogens (tertiary/aromatic N) is 1. The lowest BCUT2D eigenvalue weighted by atomic mass is 10.2. The summed E-state index contributed by atoms with van der Waals surface area (Å²) < 4.78 is 11.4. The molecule has 0 spiro atoms. The number of benzene rings is 2. The molecule has 0 bridgehead atoms.